The van der Waals surface area contributed by atoms with Crippen LogP contribution in [0.2, 0.25) is 0 Å². The molecule has 1 heterocycles. The summed E-state index contributed by atoms with van der Waals surface area (Å²) >= 11 is 5.21. The smallest absolute Gasteiger partial charge is 0.152 e. The summed E-state index contributed by atoms with van der Waals surface area (Å²) in [5.41, 5.74) is 1.77. The number of nitrogens with one attached hydrogen (secondary N) is 1. The van der Waals surface area contributed by atoms with Crippen LogP contribution in [0.1, 0.15) is 5.56 Å². The van der Waals surface area contributed by atoms with Crippen LogP contribution < -0.4 is 10.1 Å². The van der Waals surface area contributed by atoms with E-state index in [1.54, 1.807) is 13.2 Å². The lowest BCUT2D eigenvalue weighted by atomic mass is 10.2. The number of ether oxygens (including phenoxy) is 1. The second kappa shape index (κ2) is 7.00. The molecule has 0 saturated carbocycles. The molecule has 1 aromatic heterocycles. The van der Waals surface area contributed by atoms with Crippen LogP contribution in [-0.2, 0) is 6.54 Å². The van der Waals surface area contributed by atoms with Crippen LogP contribution in [0.5, 0.6) is 5.75 Å². The fourth-order valence-electron chi connectivity index (χ4n) is 2.21. The molecular weight excluding hydrogens is 474 g/mol. The number of anilines is 1. The molecule has 1 N–H and O–H groups in total. The number of aromatic nitrogens is 1. The number of hydrogen-bond donors (Lipinski definition) is 1. The second-order valence-corrected chi connectivity index (χ2v) is 6.89. The molecule has 0 atom stereocenters. The summed E-state index contributed by atoms with van der Waals surface area (Å²) < 4.78 is 20.1. The van der Waals surface area contributed by atoms with Crippen LogP contribution in [0.15, 0.2) is 46.9 Å². The number of benzene rings is 2. The first-order valence-corrected chi connectivity index (χ1v) is 8.76. The molecule has 23 heavy (non-hydrogen) atoms. The molecule has 0 aliphatic heterocycles. The number of hydrogen-bond acceptors (Lipinski definition) is 3. The van der Waals surface area contributed by atoms with E-state index in [1.807, 2.05) is 59.0 Å². The van der Waals surface area contributed by atoms with Gasteiger partial charge in [0.25, 0.3) is 0 Å². The summed E-state index contributed by atoms with van der Waals surface area (Å²) in [5, 5.41) is 4.16. The topological polar surface area (TPSA) is 34.1 Å². The molecule has 3 aromatic rings. The Balaban J connectivity index is 1.82. The van der Waals surface area contributed by atoms with Crippen molar-refractivity contribution in [1.82, 2.24) is 4.98 Å². The van der Waals surface area contributed by atoms with Gasteiger partial charge in [-0.25, -0.2) is 9.37 Å². The summed E-state index contributed by atoms with van der Waals surface area (Å²) in [7, 11) is 1.64. The van der Waals surface area contributed by atoms with Crippen LogP contribution >= 0.6 is 38.5 Å². The number of methoxy groups -OCH3 is 1. The minimum atomic E-state index is -0.280. The third-order valence-corrected chi connectivity index (χ3v) is 5.01. The van der Waals surface area contributed by atoms with Gasteiger partial charge in [-0.2, -0.15) is 0 Å². The second-order valence-electron chi connectivity index (χ2n) is 4.96. The Kier molecular flexibility index (Phi) is 5.01. The highest BCUT2D eigenvalue weighted by atomic mass is 127. The van der Waals surface area contributed by atoms with E-state index >= 15 is 0 Å². The fourth-order valence-corrected chi connectivity index (χ4v) is 3.74. The first-order valence-electron chi connectivity index (χ1n) is 6.89. The maximum Gasteiger partial charge on any atom is 0.152 e. The van der Waals surface area contributed by atoms with E-state index in [0.717, 1.165) is 16.7 Å². The van der Waals surface area contributed by atoms with E-state index in [0.29, 0.717) is 25.9 Å². The van der Waals surface area contributed by atoms with E-state index in [2.05, 4.69) is 26.2 Å². The first-order chi connectivity index (χ1) is 11.1. The predicted octanol–water partition coefficient (Wildman–Crippen LogP) is 5.36. The standard InChI is InChI=1S/C17H13BrFIN2O/c1-23-12-5-2-10(3-6-12)9-21-14-7-4-11-8-13(18)15(19)16(20)17(11)22-14/h2-8H,9H2,1H3,(H,21,22). The Morgan fingerprint density at radius 3 is 2.65 bits per heavy atom. The number of pyridine rings is 1. The minimum Gasteiger partial charge on any atom is -0.497 e. The fraction of sp³-hybridized carbons (Fsp3) is 0.118. The van der Waals surface area contributed by atoms with Crippen molar-refractivity contribution < 1.29 is 9.13 Å². The van der Waals surface area contributed by atoms with Crippen molar-refractivity contribution in [1.29, 1.82) is 0 Å². The third kappa shape index (κ3) is 3.58. The Morgan fingerprint density at radius 1 is 1.22 bits per heavy atom. The minimum absolute atomic E-state index is 0.280. The van der Waals surface area contributed by atoms with Crippen molar-refractivity contribution in [3.63, 3.8) is 0 Å². The van der Waals surface area contributed by atoms with E-state index in [9.17, 15) is 4.39 Å². The lowest BCUT2D eigenvalue weighted by molar-refractivity contribution is 0.414. The summed E-state index contributed by atoms with van der Waals surface area (Å²) in [6, 6.07) is 13.4. The quantitative estimate of drug-likeness (QED) is 0.398. The molecule has 0 bridgehead atoms. The molecule has 0 amide bonds. The molecular formula is C17H13BrFIN2O. The molecule has 0 aliphatic rings. The van der Waals surface area contributed by atoms with E-state index in [4.69, 9.17) is 4.74 Å². The maximum atomic E-state index is 14.0. The zero-order chi connectivity index (χ0) is 16.4. The van der Waals surface area contributed by atoms with Gasteiger partial charge in [0.05, 0.1) is 20.7 Å². The monoisotopic (exact) mass is 486 g/mol. The van der Waals surface area contributed by atoms with Gasteiger partial charge in [-0.05, 0) is 74.4 Å². The van der Waals surface area contributed by atoms with Gasteiger partial charge in [0.15, 0.2) is 5.82 Å². The third-order valence-electron chi connectivity index (χ3n) is 3.45. The van der Waals surface area contributed by atoms with Gasteiger partial charge in [0.1, 0.15) is 11.6 Å². The van der Waals surface area contributed by atoms with Gasteiger partial charge in [-0.1, -0.05) is 12.1 Å². The zero-order valence-electron chi connectivity index (χ0n) is 12.2. The summed E-state index contributed by atoms with van der Waals surface area (Å²) in [6.07, 6.45) is 0. The van der Waals surface area contributed by atoms with E-state index < -0.39 is 0 Å². The van der Waals surface area contributed by atoms with Crippen molar-refractivity contribution in [3.8, 4) is 5.75 Å². The van der Waals surface area contributed by atoms with Crippen molar-refractivity contribution in [2.24, 2.45) is 0 Å². The number of rotatable bonds is 4. The number of nitrogens with zero attached hydrogens (tertiary/aromatic N) is 1. The lowest BCUT2D eigenvalue weighted by Crippen LogP contribution is -2.02. The Labute approximate surface area is 155 Å². The van der Waals surface area contributed by atoms with Crippen LogP contribution in [-0.4, -0.2) is 12.1 Å². The summed E-state index contributed by atoms with van der Waals surface area (Å²) in [6.45, 7) is 0.637. The van der Waals surface area contributed by atoms with Crippen molar-refractivity contribution in [3.05, 3.63) is 61.9 Å². The average Bonchev–Trinajstić information content (AvgIpc) is 2.59. The SMILES string of the molecule is COc1ccc(CNc2ccc3cc(Br)c(F)c(I)c3n2)cc1. The van der Waals surface area contributed by atoms with Crippen LogP contribution in [0.3, 0.4) is 0 Å². The Bertz CT molecular complexity index is 855. The van der Waals surface area contributed by atoms with Crippen molar-refractivity contribution in [2.75, 3.05) is 12.4 Å². The van der Waals surface area contributed by atoms with Gasteiger partial charge in [0, 0.05) is 11.9 Å². The Hall–Kier alpha value is -1.41. The maximum absolute atomic E-state index is 14.0. The summed E-state index contributed by atoms with van der Waals surface area (Å²) in [5.74, 6) is 1.26. The number of fused-ring (bicyclic) bond motifs is 1. The molecule has 0 saturated heterocycles. The molecule has 0 unspecified atom stereocenters. The van der Waals surface area contributed by atoms with Gasteiger partial charge in [0.2, 0.25) is 0 Å². The van der Waals surface area contributed by atoms with Crippen LogP contribution in [0.4, 0.5) is 10.2 Å². The van der Waals surface area contributed by atoms with Crippen LogP contribution in [0, 0.1) is 9.39 Å². The zero-order valence-corrected chi connectivity index (χ0v) is 16.0. The number of halogens is 3. The molecule has 3 rings (SSSR count). The van der Waals surface area contributed by atoms with E-state index in [1.165, 1.54) is 0 Å². The summed E-state index contributed by atoms with van der Waals surface area (Å²) in [4.78, 5) is 4.52. The highest BCUT2D eigenvalue weighted by Gasteiger charge is 2.11. The molecule has 0 spiro atoms. The molecule has 6 heteroatoms. The normalized spacial score (nSPS) is 10.8. The van der Waals surface area contributed by atoms with Crippen LogP contribution in [0.25, 0.3) is 10.9 Å². The van der Waals surface area contributed by atoms with Gasteiger partial charge < -0.3 is 10.1 Å². The molecule has 118 valence electrons. The highest BCUT2D eigenvalue weighted by molar-refractivity contribution is 14.1. The van der Waals surface area contributed by atoms with Gasteiger partial charge >= 0.3 is 0 Å². The predicted molar refractivity (Wildman–Crippen MR) is 102 cm³/mol. The molecule has 0 aliphatic carbocycles. The van der Waals surface area contributed by atoms with Gasteiger partial charge in [-0.3, -0.25) is 0 Å². The van der Waals surface area contributed by atoms with Gasteiger partial charge in [-0.15, -0.1) is 0 Å². The van der Waals surface area contributed by atoms with Crippen molar-refractivity contribution >= 4 is 55.2 Å². The molecule has 0 radical (unpaired) electrons. The van der Waals surface area contributed by atoms with Crippen molar-refractivity contribution in [2.45, 2.75) is 6.54 Å². The molecule has 3 nitrogen and oxygen atoms in total. The Morgan fingerprint density at radius 2 is 1.96 bits per heavy atom. The molecule has 2 aromatic carbocycles. The average molecular weight is 487 g/mol. The van der Waals surface area contributed by atoms with E-state index in [-0.39, 0.29) is 5.82 Å². The lowest BCUT2D eigenvalue weighted by Gasteiger charge is -2.09. The first kappa shape index (κ1) is 16.4. The largest absolute Gasteiger partial charge is 0.497 e. The highest BCUT2D eigenvalue weighted by Crippen LogP contribution is 2.29. The molecule has 0 fully saturated rings.